The number of aryl methyl sites for hydroxylation is 1. The molecule has 12 nitrogen and oxygen atoms in total. The molecule has 0 saturated carbocycles. The molecule has 3 heterocycles. The predicted molar refractivity (Wildman–Crippen MR) is 137 cm³/mol. The van der Waals surface area contributed by atoms with Crippen LogP contribution in [-0.2, 0) is 13.0 Å². The number of anilines is 2. The molecule has 0 bridgehead atoms. The minimum atomic E-state index is -0.508. The van der Waals surface area contributed by atoms with E-state index >= 15 is 0 Å². The van der Waals surface area contributed by atoms with Crippen LogP contribution in [0.25, 0.3) is 5.82 Å². The third kappa shape index (κ3) is 4.99. The summed E-state index contributed by atoms with van der Waals surface area (Å²) < 4.78 is 11.6. The molecule has 37 heavy (non-hydrogen) atoms. The number of para-hydroxylation sites is 1. The lowest BCUT2D eigenvalue weighted by molar-refractivity contribution is 0.0948. The SMILES string of the molecule is CCOc1ccc(/C(C)=N\NC(=O)c2nnn(-c3nonc3N)c2CN2CCCc3ccccc32)cc1. The zero-order chi connectivity index (χ0) is 25.8. The van der Waals surface area contributed by atoms with Crippen LogP contribution in [0.2, 0.25) is 0 Å². The summed E-state index contributed by atoms with van der Waals surface area (Å²) in [5.41, 5.74) is 12.9. The van der Waals surface area contributed by atoms with Crippen LogP contribution in [0, 0.1) is 0 Å². The molecule has 0 fully saturated rings. The quantitative estimate of drug-likeness (QED) is 0.274. The molecule has 5 rings (SSSR count). The molecular formula is C25H27N9O3. The number of aromatic nitrogens is 5. The van der Waals surface area contributed by atoms with Crippen molar-refractivity contribution >= 4 is 23.1 Å². The van der Waals surface area contributed by atoms with Crippen molar-refractivity contribution in [2.45, 2.75) is 33.2 Å². The molecule has 190 valence electrons. The highest BCUT2D eigenvalue weighted by Gasteiger charge is 2.27. The third-order valence-electron chi connectivity index (χ3n) is 6.13. The van der Waals surface area contributed by atoms with Crippen molar-refractivity contribution in [3.63, 3.8) is 0 Å². The van der Waals surface area contributed by atoms with Gasteiger partial charge in [0.2, 0.25) is 11.6 Å². The smallest absolute Gasteiger partial charge is 0.293 e. The number of fused-ring (bicyclic) bond motifs is 1. The number of benzene rings is 2. The van der Waals surface area contributed by atoms with Crippen LogP contribution in [-0.4, -0.2) is 50.1 Å². The fourth-order valence-electron chi connectivity index (χ4n) is 4.30. The normalized spacial score (nSPS) is 13.4. The van der Waals surface area contributed by atoms with Gasteiger partial charge in [0.25, 0.3) is 5.91 Å². The van der Waals surface area contributed by atoms with Gasteiger partial charge in [0.1, 0.15) is 5.75 Å². The van der Waals surface area contributed by atoms with Crippen molar-refractivity contribution in [1.29, 1.82) is 0 Å². The van der Waals surface area contributed by atoms with Gasteiger partial charge in [-0.15, -0.1) is 5.10 Å². The molecule has 4 aromatic rings. The van der Waals surface area contributed by atoms with E-state index < -0.39 is 5.91 Å². The number of carbonyl (C=O) groups excluding carboxylic acids is 1. The topological polar surface area (TPSA) is 150 Å². The summed E-state index contributed by atoms with van der Waals surface area (Å²) in [4.78, 5) is 15.4. The standard InChI is InChI=1S/C25H27N9O3/c1-3-36-19-12-10-17(11-13-19)16(2)27-29-25(35)22-21(34(32-28-22)24-23(26)30-37-31-24)15-33-14-6-8-18-7-4-5-9-20(18)33/h4-5,7,9-13H,3,6,8,14-15H2,1-2H3,(H2,26,30)(H,29,35)/b27-16-. The van der Waals surface area contributed by atoms with Gasteiger partial charge >= 0.3 is 0 Å². The summed E-state index contributed by atoms with van der Waals surface area (Å²) in [6.45, 7) is 5.48. The summed E-state index contributed by atoms with van der Waals surface area (Å²) in [5.74, 6) is 0.472. The molecule has 1 aliphatic rings. The van der Waals surface area contributed by atoms with Crippen molar-refractivity contribution < 1.29 is 14.2 Å². The second-order valence-electron chi connectivity index (χ2n) is 8.52. The Balaban J connectivity index is 1.43. The van der Waals surface area contributed by atoms with E-state index in [0.717, 1.165) is 36.4 Å². The van der Waals surface area contributed by atoms with E-state index in [2.05, 4.69) is 48.2 Å². The van der Waals surface area contributed by atoms with E-state index in [1.54, 1.807) is 6.92 Å². The lowest BCUT2D eigenvalue weighted by atomic mass is 10.0. The highest BCUT2D eigenvalue weighted by Crippen LogP contribution is 2.29. The number of rotatable bonds is 8. The molecule has 0 saturated heterocycles. The van der Waals surface area contributed by atoms with Crippen molar-refractivity contribution in [2.24, 2.45) is 5.10 Å². The molecule has 0 unspecified atom stereocenters. The largest absolute Gasteiger partial charge is 0.494 e. The number of nitrogens with one attached hydrogen (secondary N) is 1. The Hall–Kier alpha value is -4.74. The minimum Gasteiger partial charge on any atom is -0.494 e. The summed E-state index contributed by atoms with van der Waals surface area (Å²) in [5, 5.41) is 20.1. The van der Waals surface area contributed by atoms with E-state index in [1.807, 2.05) is 43.3 Å². The van der Waals surface area contributed by atoms with E-state index in [9.17, 15) is 4.79 Å². The van der Waals surface area contributed by atoms with Gasteiger partial charge in [0.05, 0.1) is 24.6 Å². The molecule has 0 aliphatic carbocycles. The Morgan fingerprint density at radius 1 is 1.19 bits per heavy atom. The predicted octanol–water partition coefficient (Wildman–Crippen LogP) is 2.74. The van der Waals surface area contributed by atoms with Crippen molar-refractivity contribution in [3.8, 4) is 11.6 Å². The Bertz CT molecular complexity index is 1430. The summed E-state index contributed by atoms with van der Waals surface area (Å²) >= 11 is 0. The van der Waals surface area contributed by atoms with Gasteiger partial charge in [0, 0.05) is 12.2 Å². The van der Waals surface area contributed by atoms with Crippen molar-refractivity contribution in [3.05, 3.63) is 71.0 Å². The molecule has 0 atom stereocenters. The summed E-state index contributed by atoms with van der Waals surface area (Å²) in [6.07, 6.45) is 1.98. The van der Waals surface area contributed by atoms with Gasteiger partial charge in [-0.05, 0) is 78.5 Å². The first-order valence-corrected chi connectivity index (χ1v) is 12.0. The Kier molecular flexibility index (Phi) is 6.79. The second kappa shape index (κ2) is 10.5. The van der Waals surface area contributed by atoms with Gasteiger partial charge < -0.3 is 15.4 Å². The van der Waals surface area contributed by atoms with E-state index in [-0.39, 0.29) is 17.3 Å². The van der Waals surface area contributed by atoms with Crippen LogP contribution in [0.3, 0.4) is 0 Å². The Morgan fingerprint density at radius 2 is 2.00 bits per heavy atom. The molecule has 1 amide bonds. The van der Waals surface area contributed by atoms with Gasteiger partial charge in [-0.1, -0.05) is 23.4 Å². The fraction of sp³-hybridized carbons (Fsp3) is 0.280. The summed E-state index contributed by atoms with van der Waals surface area (Å²) in [7, 11) is 0. The lowest BCUT2D eigenvalue weighted by Gasteiger charge is -2.31. The van der Waals surface area contributed by atoms with Crippen LogP contribution in [0.15, 0.2) is 58.3 Å². The number of carbonyl (C=O) groups is 1. The molecular weight excluding hydrogens is 474 g/mol. The Morgan fingerprint density at radius 3 is 2.76 bits per heavy atom. The van der Waals surface area contributed by atoms with Crippen LogP contribution >= 0.6 is 0 Å². The highest BCUT2D eigenvalue weighted by atomic mass is 16.6. The van der Waals surface area contributed by atoms with Crippen LogP contribution in [0.5, 0.6) is 5.75 Å². The number of amides is 1. The number of hydrogen-bond acceptors (Lipinski definition) is 10. The number of hydrogen-bond donors (Lipinski definition) is 2. The number of hydrazone groups is 1. The maximum atomic E-state index is 13.2. The molecule has 1 aliphatic heterocycles. The maximum absolute atomic E-state index is 13.2. The highest BCUT2D eigenvalue weighted by molar-refractivity contribution is 6.00. The summed E-state index contributed by atoms with van der Waals surface area (Å²) in [6, 6.07) is 15.7. The number of nitrogen functional groups attached to an aromatic ring is 1. The number of ether oxygens (including phenoxy) is 1. The molecule has 3 N–H and O–H groups in total. The first-order valence-electron chi connectivity index (χ1n) is 12.0. The molecule has 12 heteroatoms. The van der Waals surface area contributed by atoms with Crippen LogP contribution in [0.4, 0.5) is 11.5 Å². The number of nitrogens with two attached hydrogens (primary N) is 1. The second-order valence-corrected chi connectivity index (χ2v) is 8.52. The molecule has 0 radical (unpaired) electrons. The monoisotopic (exact) mass is 501 g/mol. The lowest BCUT2D eigenvalue weighted by Crippen LogP contribution is -2.31. The van der Waals surface area contributed by atoms with Crippen molar-refractivity contribution in [1.82, 2.24) is 30.7 Å². The van der Waals surface area contributed by atoms with Crippen molar-refractivity contribution in [2.75, 3.05) is 23.8 Å². The van der Waals surface area contributed by atoms with E-state index in [4.69, 9.17) is 15.1 Å². The average molecular weight is 502 g/mol. The molecule has 0 spiro atoms. The zero-order valence-electron chi connectivity index (χ0n) is 20.6. The first-order chi connectivity index (χ1) is 18.0. The zero-order valence-corrected chi connectivity index (χ0v) is 20.6. The van der Waals surface area contributed by atoms with Crippen LogP contribution in [0.1, 0.15) is 47.6 Å². The minimum absolute atomic E-state index is 0.0431. The van der Waals surface area contributed by atoms with Gasteiger partial charge in [-0.25, -0.2) is 10.1 Å². The third-order valence-corrected chi connectivity index (χ3v) is 6.13. The van der Waals surface area contributed by atoms with Crippen LogP contribution < -0.4 is 20.8 Å². The molecule has 2 aromatic carbocycles. The van der Waals surface area contributed by atoms with Gasteiger partial charge in [0.15, 0.2) is 5.69 Å². The fourth-order valence-corrected chi connectivity index (χ4v) is 4.30. The first kappa shape index (κ1) is 24.0. The van der Waals surface area contributed by atoms with E-state index in [0.29, 0.717) is 24.6 Å². The van der Waals surface area contributed by atoms with Gasteiger partial charge in [-0.3, -0.25) is 4.79 Å². The van der Waals surface area contributed by atoms with E-state index in [1.165, 1.54) is 10.2 Å². The number of nitrogens with zero attached hydrogens (tertiary/aromatic N) is 7. The molecule has 2 aromatic heterocycles. The van der Waals surface area contributed by atoms with Gasteiger partial charge in [-0.2, -0.15) is 9.78 Å². The average Bonchev–Trinajstić information content (AvgIpc) is 3.53. The maximum Gasteiger partial charge on any atom is 0.293 e. The Labute approximate surface area is 213 Å².